The molecule has 1 aromatic heterocycles. The van der Waals surface area contributed by atoms with E-state index in [-0.39, 0.29) is 12.5 Å². The van der Waals surface area contributed by atoms with E-state index in [0.717, 1.165) is 0 Å². The first-order valence-electron chi connectivity index (χ1n) is 5.61. The fourth-order valence-corrected chi connectivity index (χ4v) is 1.58. The van der Waals surface area contributed by atoms with Gasteiger partial charge < -0.3 is 10.1 Å². The van der Waals surface area contributed by atoms with Gasteiger partial charge in [0.25, 0.3) is 0 Å². The highest BCUT2D eigenvalue weighted by Gasteiger charge is 2.08. The van der Waals surface area contributed by atoms with Crippen LogP contribution in [0.25, 0.3) is 5.69 Å². The Hall–Kier alpha value is -1.99. The van der Waals surface area contributed by atoms with Crippen molar-refractivity contribution < 1.29 is 9.53 Å². The molecule has 1 heterocycles. The molecule has 1 N–H and O–H groups in total. The Morgan fingerprint density at radius 3 is 3.05 bits per heavy atom. The normalized spacial score (nSPS) is 10.4. The number of nitrogens with one attached hydrogen (secondary N) is 1. The molecule has 0 aliphatic heterocycles. The van der Waals surface area contributed by atoms with Crippen LogP contribution >= 0.6 is 11.6 Å². The molecule has 1 amide bonds. The lowest BCUT2D eigenvalue weighted by Gasteiger charge is -2.09. The number of rotatable bonds is 5. The lowest BCUT2D eigenvalue weighted by molar-refractivity contribution is -0.120. The van der Waals surface area contributed by atoms with Crippen LogP contribution in [0.15, 0.2) is 24.5 Å². The second-order valence-corrected chi connectivity index (χ2v) is 4.01. The minimum Gasteiger partial charge on any atom is -0.372 e. The molecule has 2 rings (SSSR count). The molecule has 8 heteroatoms. The lowest BCUT2D eigenvalue weighted by Crippen LogP contribution is -2.18. The molecule has 2 aromatic rings. The zero-order valence-corrected chi connectivity index (χ0v) is 11.0. The highest BCUT2D eigenvalue weighted by molar-refractivity contribution is 6.33. The van der Waals surface area contributed by atoms with Crippen molar-refractivity contribution in [1.29, 1.82) is 0 Å². The third-order valence-electron chi connectivity index (χ3n) is 2.27. The van der Waals surface area contributed by atoms with E-state index in [2.05, 4.69) is 20.8 Å². The highest BCUT2D eigenvalue weighted by atomic mass is 35.5. The van der Waals surface area contributed by atoms with Crippen LogP contribution in [0.4, 0.5) is 5.69 Å². The number of ether oxygens (including phenoxy) is 1. The summed E-state index contributed by atoms with van der Waals surface area (Å²) in [5.41, 5.74) is 1.18. The Morgan fingerprint density at radius 2 is 2.37 bits per heavy atom. The van der Waals surface area contributed by atoms with Crippen LogP contribution in [-0.2, 0) is 9.53 Å². The van der Waals surface area contributed by atoms with Crippen LogP contribution in [0, 0.1) is 0 Å². The predicted octanol–water partition coefficient (Wildman–Crippen LogP) is 1.29. The molecule has 0 unspecified atom stereocenters. The fourth-order valence-electron chi connectivity index (χ4n) is 1.41. The van der Waals surface area contributed by atoms with Gasteiger partial charge in [0, 0.05) is 6.61 Å². The van der Waals surface area contributed by atoms with Gasteiger partial charge in [-0.15, -0.1) is 5.10 Å². The molecule has 0 spiro atoms. The second-order valence-electron chi connectivity index (χ2n) is 3.60. The van der Waals surface area contributed by atoms with Crippen molar-refractivity contribution in [2.24, 2.45) is 0 Å². The van der Waals surface area contributed by atoms with Gasteiger partial charge in [0.1, 0.15) is 12.9 Å². The standard InChI is InChI=1S/C11H12ClN5O2/c1-2-19-6-11(18)14-10-5-8(3-4-9(10)12)17-7-13-15-16-17/h3-5,7H,2,6H2,1H3,(H,14,18). The number of benzene rings is 1. The van der Waals surface area contributed by atoms with Crippen molar-refractivity contribution in [3.63, 3.8) is 0 Å². The molecule has 0 atom stereocenters. The van der Waals surface area contributed by atoms with E-state index in [4.69, 9.17) is 16.3 Å². The molecule has 0 fully saturated rings. The second kappa shape index (κ2) is 6.26. The van der Waals surface area contributed by atoms with Crippen molar-refractivity contribution in [3.05, 3.63) is 29.5 Å². The van der Waals surface area contributed by atoms with E-state index in [1.165, 1.54) is 11.0 Å². The van der Waals surface area contributed by atoms with Gasteiger partial charge in [-0.25, -0.2) is 4.68 Å². The fraction of sp³-hybridized carbons (Fsp3) is 0.273. The average Bonchev–Trinajstić information content (AvgIpc) is 2.93. The Balaban J connectivity index is 2.16. The summed E-state index contributed by atoms with van der Waals surface area (Å²) in [5.74, 6) is -0.266. The number of tetrazole rings is 1. The van der Waals surface area contributed by atoms with E-state index in [0.29, 0.717) is 23.0 Å². The molecule has 100 valence electrons. The minimum absolute atomic E-state index is 0.0120. The van der Waals surface area contributed by atoms with Crippen LogP contribution in [0.3, 0.4) is 0 Å². The zero-order chi connectivity index (χ0) is 13.7. The summed E-state index contributed by atoms with van der Waals surface area (Å²) in [4.78, 5) is 11.6. The lowest BCUT2D eigenvalue weighted by atomic mass is 10.2. The van der Waals surface area contributed by atoms with Crippen LogP contribution in [0.5, 0.6) is 0 Å². The maximum atomic E-state index is 11.6. The molecule has 0 radical (unpaired) electrons. The van der Waals surface area contributed by atoms with Gasteiger partial charge in [0.15, 0.2) is 0 Å². The minimum atomic E-state index is -0.266. The number of carbonyl (C=O) groups is 1. The first-order valence-corrected chi connectivity index (χ1v) is 5.99. The number of aromatic nitrogens is 4. The summed E-state index contributed by atoms with van der Waals surface area (Å²) >= 11 is 6.02. The van der Waals surface area contributed by atoms with Crippen LogP contribution in [-0.4, -0.2) is 39.3 Å². The van der Waals surface area contributed by atoms with Gasteiger partial charge in [0.05, 0.1) is 16.4 Å². The molecule has 0 aliphatic carbocycles. The monoisotopic (exact) mass is 281 g/mol. The summed E-state index contributed by atoms with van der Waals surface area (Å²) in [6.07, 6.45) is 1.45. The Kier molecular flexibility index (Phi) is 4.43. The van der Waals surface area contributed by atoms with Gasteiger partial charge in [-0.3, -0.25) is 4.79 Å². The summed E-state index contributed by atoms with van der Waals surface area (Å²) < 4.78 is 6.48. The molecule has 19 heavy (non-hydrogen) atoms. The van der Waals surface area contributed by atoms with E-state index in [1.807, 2.05) is 6.92 Å². The van der Waals surface area contributed by atoms with Crippen molar-refractivity contribution in [1.82, 2.24) is 20.2 Å². The zero-order valence-electron chi connectivity index (χ0n) is 10.2. The van der Waals surface area contributed by atoms with Crippen molar-refractivity contribution in [2.75, 3.05) is 18.5 Å². The van der Waals surface area contributed by atoms with Gasteiger partial charge in [-0.05, 0) is 35.5 Å². The van der Waals surface area contributed by atoms with E-state index < -0.39 is 0 Å². The molecule has 0 saturated heterocycles. The summed E-state index contributed by atoms with van der Waals surface area (Å²) in [6, 6.07) is 5.09. The van der Waals surface area contributed by atoms with E-state index >= 15 is 0 Å². The van der Waals surface area contributed by atoms with E-state index in [1.54, 1.807) is 18.2 Å². The van der Waals surface area contributed by atoms with Gasteiger partial charge in [-0.2, -0.15) is 0 Å². The maximum absolute atomic E-state index is 11.6. The first kappa shape index (κ1) is 13.4. The number of anilines is 1. The Bertz CT molecular complexity index is 558. The Morgan fingerprint density at radius 1 is 1.53 bits per heavy atom. The third-order valence-corrected chi connectivity index (χ3v) is 2.60. The molecule has 1 aromatic carbocycles. The number of carbonyl (C=O) groups excluding carboxylic acids is 1. The summed E-state index contributed by atoms with van der Waals surface area (Å²) in [5, 5.41) is 14.0. The number of hydrogen-bond acceptors (Lipinski definition) is 5. The van der Waals surface area contributed by atoms with Crippen molar-refractivity contribution >= 4 is 23.2 Å². The van der Waals surface area contributed by atoms with Gasteiger partial charge >= 0.3 is 0 Å². The summed E-state index contributed by atoms with van der Waals surface area (Å²) in [6.45, 7) is 2.28. The number of nitrogens with zero attached hydrogens (tertiary/aromatic N) is 4. The third kappa shape index (κ3) is 3.49. The topological polar surface area (TPSA) is 81.9 Å². The SMILES string of the molecule is CCOCC(=O)Nc1cc(-n2cnnn2)ccc1Cl. The highest BCUT2D eigenvalue weighted by Crippen LogP contribution is 2.24. The quantitative estimate of drug-likeness (QED) is 0.893. The molecule has 7 nitrogen and oxygen atoms in total. The number of amides is 1. The first-order chi connectivity index (χ1) is 9.20. The van der Waals surface area contributed by atoms with Crippen LogP contribution < -0.4 is 5.32 Å². The van der Waals surface area contributed by atoms with Gasteiger partial charge in [-0.1, -0.05) is 11.6 Å². The van der Waals surface area contributed by atoms with Crippen molar-refractivity contribution in [3.8, 4) is 5.69 Å². The largest absolute Gasteiger partial charge is 0.372 e. The molecule has 0 bridgehead atoms. The smallest absolute Gasteiger partial charge is 0.250 e. The van der Waals surface area contributed by atoms with Crippen LogP contribution in [0.1, 0.15) is 6.92 Å². The van der Waals surface area contributed by atoms with E-state index in [9.17, 15) is 4.79 Å². The van der Waals surface area contributed by atoms with Crippen molar-refractivity contribution in [2.45, 2.75) is 6.92 Å². The molecule has 0 saturated carbocycles. The number of halogens is 1. The maximum Gasteiger partial charge on any atom is 0.250 e. The van der Waals surface area contributed by atoms with Gasteiger partial charge in [0.2, 0.25) is 5.91 Å². The molecule has 0 aliphatic rings. The van der Waals surface area contributed by atoms with Crippen LogP contribution in [0.2, 0.25) is 5.02 Å². The predicted molar refractivity (Wildman–Crippen MR) is 69.3 cm³/mol. The summed E-state index contributed by atoms with van der Waals surface area (Å²) in [7, 11) is 0. The molecular weight excluding hydrogens is 270 g/mol. The Labute approximate surface area is 114 Å². The molecular formula is C11H12ClN5O2. The average molecular weight is 282 g/mol. The number of hydrogen-bond donors (Lipinski definition) is 1.